The largest absolute Gasteiger partial charge is 0.493 e. The fourth-order valence-electron chi connectivity index (χ4n) is 4.13. The summed E-state index contributed by atoms with van der Waals surface area (Å²) in [6.45, 7) is 8.78. The lowest BCUT2D eigenvalue weighted by Gasteiger charge is -2.37. The maximum Gasteiger partial charge on any atom is 0.241 e. The molecule has 4 rings (SSSR count). The van der Waals surface area contributed by atoms with Crippen LogP contribution in [-0.4, -0.2) is 60.3 Å². The molecule has 30 heavy (non-hydrogen) atoms. The number of carbonyl (C=O) groups excluding carboxylic acids is 2. The van der Waals surface area contributed by atoms with Crippen LogP contribution in [0, 0.1) is 0 Å². The van der Waals surface area contributed by atoms with Crippen LogP contribution in [-0.2, 0) is 17.8 Å². The van der Waals surface area contributed by atoms with Gasteiger partial charge in [-0.3, -0.25) is 19.4 Å². The molecule has 2 heterocycles. The van der Waals surface area contributed by atoms with Crippen LogP contribution in [0.5, 0.6) is 5.75 Å². The smallest absolute Gasteiger partial charge is 0.241 e. The van der Waals surface area contributed by atoms with E-state index in [0.717, 1.165) is 51.5 Å². The average Bonchev–Trinajstić information content (AvgIpc) is 3.22. The van der Waals surface area contributed by atoms with Crippen molar-refractivity contribution in [2.24, 2.45) is 0 Å². The number of ether oxygens (including phenoxy) is 1. The monoisotopic (exact) mass is 407 g/mol. The number of benzene rings is 2. The Morgan fingerprint density at radius 1 is 1.10 bits per heavy atom. The van der Waals surface area contributed by atoms with Gasteiger partial charge in [0.2, 0.25) is 5.91 Å². The molecule has 2 aromatic carbocycles. The van der Waals surface area contributed by atoms with Gasteiger partial charge < -0.3 is 10.1 Å². The molecule has 1 saturated heterocycles. The van der Waals surface area contributed by atoms with Crippen molar-refractivity contribution in [2.45, 2.75) is 32.9 Å². The van der Waals surface area contributed by atoms with Crippen LogP contribution in [0.3, 0.4) is 0 Å². The van der Waals surface area contributed by atoms with Gasteiger partial charge in [0.15, 0.2) is 5.78 Å². The normalized spacial score (nSPS) is 17.8. The zero-order valence-electron chi connectivity index (χ0n) is 17.7. The van der Waals surface area contributed by atoms with Crippen molar-refractivity contribution in [3.05, 3.63) is 59.2 Å². The topological polar surface area (TPSA) is 61.9 Å². The summed E-state index contributed by atoms with van der Waals surface area (Å²) in [6.07, 6.45) is 0.999. The summed E-state index contributed by atoms with van der Waals surface area (Å²) in [5.74, 6) is 0.978. The zero-order chi connectivity index (χ0) is 21.1. The van der Waals surface area contributed by atoms with E-state index in [9.17, 15) is 9.59 Å². The molecule has 6 nitrogen and oxygen atoms in total. The quantitative estimate of drug-likeness (QED) is 0.746. The molecule has 0 unspecified atom stereocenters. The molecule has 0 bridgehead atoms. The van der Waals surface area contributed by atoms with Gasteiger partial charge in [-0.2, -0.15) is 0 Å². The summed E-state index contributed by atoms with van der Waals surface area (Å²) < 4.78 is 5.59. The Hall–Kier alpha value is -2.70. The summed E-state index contributed by atoms with van der Waals surface area (Å²) in [7, 11) is 0. The Morgan fingerprint density at radius 3 is 2.67 bits per heavy atom. The average molecular weight is 408 g/mol. The summed E-state index contributed by atoms with van der Waals surface area (Å²) in [4.78, 5) is 28.9. The molecule has 0 saturated carbocycles. The molecule has 1 amide bonds. The predicted molar refractivity (Wildman–Crippen MR) is 117 cm³/mol. The van der Waals surface area contributed by atoms with E-state index in [4.69, 9.17) is 4.74 Å². The van der Waals surface area contributed by atoms with Crippen molar-refractivity contribution >= 4 is 17.4 Å². The standard InChI is InChI=1S/C24H29N3O3/c1-17(24(29)25-22-5-3-4-20(15-22)18(2)28)27-11-9-26(10-12-27)16-19-6-7-23-21(14-19)8-13-30-23/h3-7,14-15,17H,8-13,16H2,1-2H3,(H,25,29)/t17-/m0/s1. The number of piperazine rings is 1. The molecular weight excluding hydrogens is 378 g/mol. The third-order valence-electron chi connectivity index (χ3n) is 6.03. The summed E-state index contributed by atoms with van der Waals surface area (Å²) >= 11 is 0. The fraction of sp³-hybridized carbons (Fsp3) is 0.417. The Kier molecular flexibility index (Phi) is 6.16. The molecule has 2 aliphatic rings. The number of Topliss-reactive ketones (excluding diaryl/α,β-unsaturated/α-hetero) is 1. The van der Waals surface area contributed by atoms with E-state index in [0.29, 0.717) is 11.3 Å². The van der Waals surface area contributed by atoms with Gasteiger partial charge in [-0.05, 0) is 43.2 Å². The van der Waals surface area contributed by atoms with E-state index in [1.165, 1.54) is 18.1 Å². The molecule has 0 radical (unpaired) electrons. The first-order valence-corrected chi connectivity index (χ1v) is 10.6. The van der Waals surface area contributed by atoms with Gasteiger partial charge in [0.1, 0.15) is 5.75 Å². The lowest BCUT2D eigenvalue weighted by molar-refractivity contribution is -0.121. The third-order valence-corrected chi connectivity index (χ3v) is 6.03. The van der Waals surface area contributed by atoms with Gasteiger partial charge in [0, 0.05) is 50.4 Å². The number of carbonyl (C=O) groups is 2. The van der Waals surface area contributed by atoms with E-state index >= 15 is 0 Å². The van der Waals surface area contributed by atoms with Gasteiger partial charge in [-0.1, -0.05) is 24.3 Å². The lowest BCUT2D eigenvalue weighted by Crippen LogP contribution is -2.52. The fourth-order valence-corrected chi connectivity index (χ4v) is 4.13. The van der Waals surface area contributed by atoms with Gasteiger partial charge in [-0.15, -0.1) is 0 Å². The lowest BCUT2D eigenvalue weighted by atomic mass is 10.1. The van der Waals surface area contributed by atoms with E-state index < -0.39 is 0 Å². The predicted octanol–water partition coefficient (Wildman–Crippen LogP) is 2.97. The molecule has 0 aliphatic carbocycles. The first-order chi connectivity index (χ1) is 14.5. The highest BCUT2D eigenvalue weighted by atomic mass is 16.5. The molecule has 1 fully saturated rings. The van der Waals surface area contributed by atoms with Crippen LogP contribution in [0.4, 0.5) is 5.69 Å². The van der Waals surface area contributed by atoms with Gasteiger partial charge in [-0.25, -0.2) is 0 Å². The number of nitrogens with one attached hydrogen (secondary N) is 1. The molecule has 1 atom stereocenters. The van der Waals surface area contributed by atoms with Crippen molar-refractivity contribution in [1.82, 2.24) is 9.80 Å². The second-order valence-corrected chi connectivity index (χ2v) is 8.15. The number of nitrogens with zero attached hydrogens (tertiary/aromatic N) is 2. The molecule has 1 N–H and O–H groups in total. The molecule has 158 valence electrons. The van der Waals surface area contributed by atoms with Crippen LogP contribution in [0.1, 0.15) is 35.3 Å². The minimum atomic E-state index is -0.217. The van der Waals surface area contributed by atoms with E-state index in [-0.39, 0.29) is 17.7 Å². The molecule has 2 aromatic rings. The number of ketones is 1. The number of hydrogen-bond acceptors (Lipinski definition) is 5. The second-order valence-electron chi connectivity index (χ2n) is 8.15. The van der Waals surface area contributed by atoms with Gasteiger partial charge in [0.05, 0.1) is 12.6 Å². The van der Waals surface area contributed by atoms with Crippen LogP contribution < -0.4 is 10.1 Å². The van der Waals surface area contributed by atoms with E-state index in [1.807, 2.05) is 13.0 Å². The highest BCUT2D eigenvalue weighted by Gasteiger charge is 2.26. The van der Waals surface area contributed by atoms with Crippen molar-refractivity contribution < 1.29 is 14.3 Å². The maximum absolute atomic E-state index is 12.7. The van der Waals surface area contributed by atoms with E-state index in [2.05, 4.69) is 33.3 Å². The van der Waals surface area contributed by atoms with Gasteiger partial charge >= 0.3 is 0 Å². The number of fused-ring (bicyclic) bond motifs is 1. The third kappa shape index (κ3) is 4.71. The SMILES string of the molecule is CC(=O)c1cccc(NC(=O)[C@H](C)N2CCN(Cc3ccc4c(c3)CCO4)CC2)c1. The molecular formula is C24H29N3O3. The highest BCUT2D eigenvalue weighted by Crippen LogP contribution is 2.26. The summed E-state index contributed by atoms with van der Waals surface area (Å²) in [6, 6.07) is 13.4. The van der Waals surface area contributed by atoms with E-state index in [1.54, 1.807) is 18.2 Å². The Labute approximate surface area is 177 Å². The van der Waals surface area contributed by atoms with Crippen LogP contribution in [0.15, 0.2) is 42.5 Å². The second kappa shape index (κ2) is 8.98. The number of rotatable bonds is 6. The van der Waals surface area contributed by atoms with Crippen molar-refractivity contribution in [3.63, 3.8) is 0 Å². The summed E-state index contributed by atoms with van der Waals surface area (Å²) in [5.41, 5.74) is 3.90. The Balaban J connectivity index is 1.28. The van der Waals surface area contributed by atoms with Crippen LogP contribution >= 0.6 is 0 Å². The zero-order valence-corrected chi connectivity index (χ0v) is 17.7. The number of amides is 1. The number of hydrogen-bond donors (Lipinski definition) is 1. The minimum Gasteiger partial charge on any atom is -0.493 e. The summed E-state index contributed by atoms with van der Waals surface area (Å²) in [5, 5.41) is 2.95. The Morgan fingerprint density at radius 2 is 1.90 bits per heavy atom. The minimum absolute atomic E-state index is 0.00818. The first kappa shape index (κ1) is 20.6. The molecule has 0 aromatic heterocycles. The van der Waals surface area contributed by atoms with Gasteiger partial charge in [0.25, 0.3) is 0 Å². The van der Waals surface area contributed by atoms with Crippen LogP contribution in [0.25, 0.3) is 0 Å². The van der Waals surface area contributed by atoms with Crippen molar-refractivity contribution in [3.8, 4) is 5.75 Å². The van der Waals surface area contributed by atoms with Crippen LogP contribution in [0.2, 0.25) is 0 Å². The molecule has 6 heteroatoms. The first-order valence-electron chi connectivity index (χ1n) is 10.6. The van der Waals surface area contributed by atoms with Crippen molar-refractivity contribution in [1.29, 1.82) is 0 Å². The molecule has 0 spiro atoms. The van der Waals surface area contributed by atoms with Crippen molar-refractivity contribution in [2.75, 3.05) is 38.1 Å². The number of anilines is 1. The highest BCUT2D eigenvalue weighted by molar-refractivity contribution is 5.98. The Bertz CT molecular complexity index is 935. The molecule has 2 aliphatic heterocycles. The maximum atomic E-state index is 12.7.